The van der Waals surface area contributed by atoms with Gasteiger partial charge in [-0.25, -0.2) is 5.32 Å². The molecule has 0 unspecified atom stereocenters. The van der Waals surface area contributed by atoms with E-state index in [0.29, 0.717) is 0 Å². The van der Waals surface area contributed by atoms with Crippen molar-refractivity contribution in [1.82, 2.24) is 5.32 Å². The number of hydrogen-bond acceptors (Lipinski definition) is 0. The van der Waals surface area contributed by atoms with Crippen molar-refractivity contribution in [1.29, 1.82) is 0 Å². The quantitative estimate of drug-likeness (QED) is 0.214. The van der Waals surface area contributed by atoms with Crippen LogP contribution >= 0.6 is 0 Å². The van der Waals surface area contributed by atoms with Gasteiger partial charge in [0.2, 0.25) is 0 Å². The molecule has 0 aliphatic carbocycles. The first-order valence-electron chi connectivity index (χ1n) is 9.96. The van der Waals surface area contributed by atoms with E-state index in [4.69, 9.17) is 0 Å². The molecule has 1 radical (unpaired) electrons. The van der Waals surface area contributed by atoms with Crippen LogP contribution in [0, 0.1) is 0 Å². The summed E-state index contributed by atoms with van der Waals surface area (Å²) in [4.78, 5) is 0. The van der Waals surface area contributed by atoms with Crippen molar-refractivity contribution in [2.75, 3.05) is 6.54 Å². The minimum Gasteiger partial charge on any atom is -0.236 e. The van der Waals surface area contributed by atoms with Crippen LogP contribution in [0.4, 0.5) is 0 Å². The van der Waals surface area contributed by atoms with Gasteiger partial charge in [-0.15, -0.1) is 0 Å². The van der Waals surface area contributed by atoms with Crippen LogP contribution in [0.25, 0.3) is 0 Å². The van der Waals surface area contributed by atoms with E-state index >= 15 is 0 Å². The molecule has 0 saturated carbocycles. The Morgan fingerprint density at radius 1 is 0.682 bits per heavy atom. The van der Waals surface area contributed by atoms with Crippen LogP contribution in [0.5, 0.6) is 0 Å². The second-order valence-corrected chi connectivity index (χ2v) is 7.27. The van der Waals surface area contributed by atoms with Crippen molar-refractivity contribution in [3.8, 4) is 0 Å². The summed E-state index contributed by atoms with van der Waals surface area (Å²) >= 11 is 0. The zero-order chi connectivity index (χ0) is 16.5. The molecular formula is C21H42N. The van der Waals surface area contributed by atoms with Crippen molar-refractivity contribution in [2.24, 2.45) is 0 Å². The number of rotatable bonds is 16. The molecule has 22 heavy (non-hydrogen) atoms. The summed E-state index contributed by atoms with van der Waals surface area (Å²) in [6.07, 6.45) is 22.5. The Morgan fingerprint density at radius 2 is 1.18 bits per heavy atom. The van der Waals surface area contributed by atoms with Crippen molar-refractivity contribution < 1.29 is 0 Å². The van der Waals surface area contributed by atoms with Crippen molar-refractivity contribution in [3.05, 3.63) is 12.2 Å². The van der Waals surface area contributed by atoms with E-state index < -0.39 is 0 Å². The predicted molar refractivity (Wildman–Crippen MR) is 102 cm³/mol. The second-order valence-electron chi connectivity index (χ2n) is 7.27. The van der Waals surface area contributed by atoms with Gasteiger partial charge >= 0.3 is 0 Å². The van der Waals surface area contributed by atoms with E-state index in [9.17, 15) is 0 Å². The van der Waals surface area contributed by atoms with Crippen LogP contribution in [-0.2, 0) is 0 Å². The Bertz CT molecular complexity index is 242. The Kier molecular flexibility index (Phi) is 15.4. The lowest BCUT2D eigenvalue weighted by Crippen LogP contribution is -2.32. The van der Waals surface area contributed by atoms with Gasteiger partial charge < -0.3 is 0 Å². The summed E-state index contributed by atoms with van der Waals surface area (Å²) in [6.45, 7) is 9.91. The molecular weight excluding hydrogens is 266 g/mol. The summed E-state index contributed by atoms with van der Waals surface area (Å²) in [6, 6.07) is 0. The highest BCUT2D eigenvalue weighted by Gasteiger charge is 2.15. The second kappa shape index (κ2) is 15.6. The normalized spacial score (nSPS) is 12.4. The molecule has 0 heterocycles. The molecule has 0 aliphatic heterocycles. The lowest BCUT2D eigenvalue weighted by molar-refractivity contribution is 0.347. The number of allylic oxidation sites excluding steroid dienone is 2. The van der Waals surface area contributed by atoms with E-state index in [-0.39, 0.29) is 5.54 Å². The number of hydrogen-bond donors (Lipinski definition) is 0. The van der Waals surface area contributed by atoms with E-state index in [1.165, 1.54) is 83.5 Å². The Morgan fingerprint density at radius 3 is 1.73 bits per heavy atom. The maximum absolute atomic E-state index is 4.65. The molecule has 0 aliphatic rings. The average Bonchev–Trinajstić information content (AvgIpc) is 2.47. The van der Waals surface area contributed by atoms with Crippen molar-refractivity contribution in [3.63, 3.8) is 0 Å². The average molecular weight is 309 g/mol. The first kappa shape index (κ1) is 21.7. The van der Waals surface area contributed by atoms with Crippen LogP contribution < -0.4 is 5.32 Å². The Labute approximate surface area is 141 Å². The largest absolute Gasteiger partial charge is 0.236 e. The highest BCUT2D eigenvalue weighted by molar-refractivity contribution is 4.81. The fourth-order valence-corrected chi connectivity index (χ4v) is 2.96. The van der Waals surface area contributed by atoms with E-state index in [1.807, 2.05) is 0 Å². The molecule has 0 spiro atoms. The Balaban J connectivity index is 3.22. The lowest BCUT2D eigenvalue weighted by Gasteiger charge is -2.23. The molecule has 0 saturated heterocycles. The van der Waals surface area contributed by atoms with Gasteiger partial charge in [0, 0.05) is 12.1 Å². The minimum absolute atomic E-state index is 0.205. The molecule has 1 nitrogen and oxygen atoms in total. The molecule has 0 aromatic heterocycles. The molecule has 0 rings (SSSR count). The maximum Gasteiger partial charge on any atom is 0.0300 e. The summed E-state index contributed by atoms with van der Waals surface area (Å²) in [5, 5.41) is 4.65. The van der Waals surface area contributed by atoms with E-state index in [1.54, 1.807) is 0 Å². The van der Waals surface area contributed by atoms with Gasteiger partial charge in [-0.2, -0.15) is 0 Å². The Hall–Kier alpha value is -0.300. The van der Waals surface area contributed by atoms with Crippen LogP contribution in [0.15, 0.2) is 12.2 Å². The molecule has 131 valence electrons. The fourth-order valence-electron chi connectivity index (χ4n) is 2.96. The monoisotopic (exact) mass is 308 g/mol. The van der Waals surface area contributed by atoms with Crippen LogP contribution in [-0.4, -0.2) is 12.1 Å². The fraction of sp³-hybridized carbons (Fsp3) is 0.905. The molecule has 0 N–H and O–H groups in total. The molecule has 0 fully saturated rings. The van der Waals surface area contributed by atoms with Crippen LogP contribution in [0.2, 0.25) is 0 Å². The summed E-state index contributed by atoms with van der Waals surface area (Å²) in [5.74, 6) is 0. The zero-order valence-electron chi connectivity index (χ0n) is 16.0. The third-order valence-electron chi connectivity index (χ3n) is 4.39. The molecule has 0 amide bonds. The molecule has 0 aromatic carbocycles. The molecule has 0 bridgehead atoms. The summed E-state index contributed by atoms with van der Waals surface area (Å²) in [5.41, 5.74) is 0.205. The summed E-state index contributed by atoms with van der Waals surface area (Å²) in [7, 11) is 0. The lowest BCUT2D eigenvalue weighted by atomic mass is 9.96. The van der Waals surface area contributed by atoms with Gasteiger partial charge in [-0.05, 0) is 46.0 Å². The first-order chi connectivity index (χ1) is 10.6. The van der Waals surface area contributed by atoms with Gasteiger partial charge in [0.1, 0.15) is 0 Å². The van der Waals surface area contributed by atoms with Gasteiger partial charge in [0.15, 0.2) is 0 Å². The highest BCUT2D eigenvalue weighted by Crippen LogP contribution is 2.16. The molecule has 1 heteroatoms. The van der Waals surface area contributed by atoms with Gasteiger partial charge in [-0.1, -0.05) is 77.4 Å². The minimum atomic E-state index is 0.205. The number of unbranched alkanes of at least 4 members (excludes halogenated alkanes) is 10. The molecule has 0 atom stereocenters. The highest BCUT2D eigenvalue weighted by atomic mass is 14.9. The predicted octanol–water partition coefficient (Wildman–Crippen LogP) is 7.04. The van der Waals surface area contributed by atoms with Crippen molar-refractivity contribution >= 4 is 0 Å². The van der Waals surface area contributed by atoms with Crippen LogP contribution in [0.3, 0.4) is 0 Å². The van der Waals surface area contributed by atoms with E-state index in [2.05, 4.69) is 45.2 Å². The zero-order valence-corrected chi connectivity index (χ0v) is 16.0. The molecule has 0 aromatic rings. The van der Waals surface area contributed by atoms with Gasteiger partial charge in [0.05, 0.1) is 0 Å². The first-order valence-corrected chi connectivity index (χ1v) is 9.96. The number of nitrogens with zero attached hydrogens (tertiary/aromatic N) is 1. The maximum atomic E-state index is 4.65. The third-order valence-corrected chi connectivity index (χ3v) is 4.39. The van der Waals surface area contributed by atoms with Crippen molar-refractivity contribution in [2.45, 2.75) is 117 Å². The van der Waals surface area contributed by atoms with Crippen LogP contribution in [0.1, 0.15) is 111 Å². The smallest absolute Gasteiger partial charge is 0.0300 e. The van der Waals surface area contributed by atoms with Gasteiger partial charge in [0.25, 0.3) is 0 Å². The standard InChI is InChI=1S/C21H42N/c1-5-7-8-9-10-11-12-13-14-15-16-17-18-19-20-21(3,4)22-6-2/h11-12H,5-10,13-20H2,1-4H3. The SMILES string of the molecule is CCCCCCC=CCCCCCCCCC(C)(C)[N]CC. The van der Waals surface area contributed by atoms with Gasteiger partial charge in [-0.3, -0.25) is 0 Å². The van der Waals surface area contributed by atoms with E-state index in [0.717, 1.165) is 6.54 Å². The summed E-state index contributed by atoms with van der Waals surface area (Å²) < 4.78 is 0. The third kappa shape index (κ3) is 16.1. The topological polar surface area (TPSA) is 14.1 Å².